The molecular weight excluding hydrogens is 434 g/mol. The third kappa shape index (κ3) is 2.49. The summed E-state index contributed by atoms with van der Waals surface area (Å²) in [7, 11) is 0. The van der Waals surface area contributed by atoms with E-state index in [0.29, 0.717) is 18.5 Å². The van der Waals surface area contributed by atoms with Gasteiger partial charge in [0.2, 0.25) is 11.8 Å². The van der Waals surface area contributed by atoms with Crippen molar-refractivity contribution in [1.82, 2.24) is 0 Å². The van der Waals surface area contributed by atoms with Gasteiger partial charge in [-0.05, 0) is 47.2 Å². The largest absolute Gasteiger partial charge is 0.298 e. The summed E-state index contributed by atoms with van der Waals surface area (Å²) < 4.78 is 0. The molecule has 3 aliphatic rings. The first kappa shape index (κ1) is 21.7. The number of rotatable bonds is 5. The first-order valence-electron chi connectivity index (χ1n) is 12.4. The van der Waals surface area contributed by atoms with Crippen molar-refractivity contribution >= 4 is 34.4 Å². The second kappa shape index (κ2) is 7.61. The van der Waals surface area contributed by atoms with Gasteiger partial charge in [0.15, 0.2) is 5.78 Å². The number of carbonyl (C=O) groups excluding carboxylic acids is 3. The lowest BCUT2D eigenvalue weighted by molar-refractivity contribution is -0.134. The van der Waals surface area contributed by atoms with E-state index in [0.717, 1.165) is 22.3 Å². The van der Waals surface area contributed by atoms with Crippen LogP contribution in [0, 0.1) is 22.7 Å². The first-order chi connectivity index (χ1) is 17.0. The van der Waals surface area contributed by atoms with E-state index in [1.807, 2.05) is 92.7 Å². The Bertz CT molecular complexity index is 1290. The highest BCUT2D eigenvalue weighted by molar-refractivity contribution is 6.34. The Morgan fingerprint density at radius 1 is 0.600 bits per heavy atom. The molecule has 4 atom stereocenters. The number of imide groups is 1. The Labute approximate surface area is 205 Å². The smallest absolute Gasteiger partial charge is 0.239 e. The zero-order valence-electron chi connectivity index (χ0n) is 19.9. The number of ketones is 1. The van der Waals surface area contributed by atoms with Gasteiger partial charge >= 0.3 is 0 Å². The van der Waals surface area contributed by atoms with Crippen molar-refractivity contribution in [2.45, 2.75) is 26.7 Å². The fourth-order valence-electron chi connectivity index (χ4n) is 7.29. The lowest BCUT2D eigenvalue weighted by atomic mass is 9.60. The van der Waals surface area contributed by atoms with Gasteiger partial charge in [-0.25, -0.2) is 4.90 Å². The lowest BCUT2D eigenvalue weighted by Crippen LogP contribution is -2.41. The zero-order chi connectivity index (χ0) is 24.4. The van der Waals surface area contributed by atoms with Gasteiger partial charge in [0.1, 0.15) is 0 Å². The van der Waals surface area contributed by atoms with Crippen LogP contribution in [0.15, 0.2) is 91.0 Å². The standard InChI is InChI=1S/C31H27NO3/c1-3-30-23(20-14-8-5-9-15-20)24(21-16-10-6-11-17-21)31(4-2,29(30)35)26-25(30)27(33)32(28(26)34)22-18-12-7-13-19-22/h5-19,25-26H,3-4H2,1-2H3/t25-,26+,30+,31-. The Morgan fingerprint density at radius 3 is 1.34 bits per heavy atom. The number of fused-ring (bicyclic) bond motifs is 5. The predicted molar refractivity (Wildman–Crippen MR) is 136 cm³/mol. The molecule has 6 rings (SSSR count). The number of amides is 2. The summed E-state index contributed by atoms with van der Waals surface area (Å²) in [5, 5.41) is 0. The van der Waals surface area contributed by atoms with Crippen LogP contribution >= 0.6 is 0 Å². The highest BCUT2D eigenvalue weighted by Gasteiger charge is 2.80. The summed E-state index contributed by atoms with van der Waals surface area (Å²) in [6.07, 6.45) is 0.938. The third-order valence-electron chi connectivity index (χ3n) is 8.58. The molecule has 1 saturated carbocycles. The Kier molecular flexibility index (Phi) is 4.72. The highest BCUT2D eigenvalue weighted by Crippen LogP contribution is 2.75. The molecule has 2 aliphatic carbocycles. The van der Waals surface area contributed by atoms with Crippen LogP contribution in [0.4, 0.5) is 5.69 Å². The van der Waals surface area contributed by atoms with E-state index in [1.54, 1.807) is 12.1 Å². The molecule has 4 heteroatoms. The molecule has 1 saturated heterocycles. The SMILES string of the molecule is CC[C@@]12C(=O)[C@@](CC)(C(c3ccccc3)=C1c1ccccc1)[C@H]1C(=O)N(c3ccccc3)C(=O)[C@H]12. The van der Waals surface area contributed by atoms with Gasteiger partial charge in [-0.2, -0.15) is 0 Å². The van der Waals surface area contributed by atoms with Gasteiger partial charge in [-0.3, -0.25) is 14.4 Å². The molecule has 2 amide bonds. The van der Waals surface area contributed by atoms with Crippen LogP contribution in [0.1, 0.15) is 37.8 Å². The van der Waals surface area contributed by atoms with Gasteiger partial charge < -0.3 is 0 Å². The minimum absolute atomic E-state index is 0.0390. The molecule has 1 heterocycles. The zero-order valence-corrected chi connectivity index (χ0v) is 19.9. The summed E-state index contributed by atoms with van der Waals surface area (Å²) in [6, 6.07) is 29.0. The van der Waals surface area contributed by atoms with E-state index < -0.39 is 22.7 Å². The van der Waals surface area contributed by atoms with Crippen molar-refractivity contribution in [3.8, 4) is 0 Å². The molecule has 0 unspecified atom stereocenters. The number of Topliss-reactive ketones (excluding diaryl/α,β-unsaturated/α-hetero) is 1. The molecular formula is C31H27NO3. The van der Waals surface area contributed by atoms with Gasteiger partial charge in [0.05, 0.1) is 28.4 Å². The Balaban J connectivity index is 1.69. The second-order valence-corrected chi connectivity index (χ2v) is 9.76. The van der Waals surface area contributed by atoms with Crippen molar-refractivity contribution in [1.29, 1.82) is 0 Å². The molecule has 174 valence electrons. The van der Waals surface area contributed by atoms with E-state index >= 15 is 0 Å². The van der Waals surface area contributed by atoms with Gasteiger partial charge in [0.25, 0.3) is 0 Å². The monoisotopic (exact) mass is 461 g/mol. The summed E-state index contributed by atoms with van der Waals surface area (Å²) in [5.74, 6) is -1.86. The van der Waals surface area contributed by atoms with Crippen molar-refractivity contribution in [3.05, 3.63) is 102 Å². The van der Waals surface area contributed by atoms with Crippen LogP contribution in [0.2, 0.25) is 0 Å². The molecule has 35 heavy (non-hydrogen) atoms. The average Bonchev–Trinajstić information content (AvgIpc) is 3.41. The Hall–Kier alpha value is -3.79. The van der Waals surface area contributed by atoms with Gasteiger partial charge in [0, 0.05) is 0 Å². The number of nitrogens with zero attached hydrogens (tertiary/aromatic N) is 1. The van der Waals surface area contributed by atoms with E-state index in [4.69, 9.17) is 0 Å². The summed E-state index contributed by atoms with van der Waals surface area (Å²) in [4.78, 5) is 44.2. The van der Waals surface area contributed by atoms with Crippen LogP contribution in [-0.4, -0.2) is 17.6 Å². The Morgan fingerprint density at radius 2 is 0.971 bits per heavy atom. The topological polar surface area (TPSA) is 54.5 Å². The molecule has 4 nitrogen and oxygen atoms in total. The minimum atomic E-state index is -1.04. The van der Waals surface area contributed by atoms with E-state index in [9.17, 15) is 14.4 Å². The molecule has 2 bridgehead atoms. The summed E-state index contributed by atoms with van der Waals surface area (Å²) in [5.41, 5.74) is 2.26. The molecule has 1 aliphatic heterocycles. The van der Waals surface area contributed by atoms with Crippen LogP contribution in [0.5, 0.6) is 0 Å². The number of benzene rings is 3. The van der Waals surface area contributed by atoms with Crippen molar-refractivity contribution in [2.24, 2.45) is 22.7 Å². The molecule has 0 N–H and O–H groups in total. The van der Waals surface area contributed by atoms with E-state index in [1.165, 1.54) is 4.90 Å². The molecule has 3 aromatic carbocycles. The average molecular weight is 462 g/mol. The predicted octanol–water partition coefficient (Wildman–Crippen LogP) is 5.79. The first-order valence-corrected chi connectivity index (χ1v) is 12.4. The second-order valence-electron chi connectivity index (χ2n) is 9.76. The summed E-state index contributed by atoms with van der Waals surface area (Å²) in [6.45, 7) is 3.97. The third-order valence-corrected chi connectivity index (χ3v) is 8.58. The fraction of sp³-hybridized carbons (Fsp3) is 0.258. The number of anilines is 1. The number of para-hydroxylation sites is 1. The normalized spacial score (nSPS) is 29.3. The van der Waals surface area contributed by atoms with Crippen LogP contribution < -0.4 is 4.90 Å². The number of allylic oxidation sites excluding steroid dienone is 2. The van der Waals surface area contributed by atoms with Gasteiger partial charge in [-0.1, -0.05) is 92.7 Å². The van der Waals surface area contributed by atoms with Gasteiger partial charge in [-0.15, -0.1) is 0 Å². The summed E-state index contributed by atoms with van der Waals surface area (Å²) >= 11 is 0. The van der Waals surface area contributed by atoms with Crippen molar-refractivity contribution < 1.29 is 14.4 Å². The number of hydrogen-bond acceptors (Lipinski definition) is 3. The minimum Gasteiger partial charge on any atom is -0.298 e. The quantitative estimate of drug-likeness (QED) is 0.452. The maximum absolute atomic E-state index is 14.6. The van der Waals surface area contributed by atoms with E-state index in [-0.39, 0.29) is 17.6 Å². The molecule has 0 aromatic heterocycles. The number of carbonyl (C=O) groups is 3. The maximum Gasteiger partial charge on any atom is 0.239 e. The van der Waals surface area contributed by atoms with E-state index in [2.05, 4.69) is 0 Å². The maximum atomic E-state index is 14.6. The molecule has 3 aromatic rings. The number of hydrogen-bond donors (Lipinski definition) is 0. The van der Waals surface area contributed by atoms with Crippen molar-refractivity contribution in [3.63, 3.8) is 0 Å². The fourth-order valence-corrected chi connectivity index (χ4v) is 7.29. The van der Waals surface area contributed by atoms with Crippen LogP contribution in [-0.2, 0) is 14.4 Å². The van der Waals surface area contributed by atoms with Crippen LogP contribution in [0.3, 0.4) is 0 Å². The molecule has 2 fully saturated rings. The van der Waals surface area contributed by atoms with Crippen molar-refractivity contribution in [2.75, 3.05) is 4.90 Å². The lowest BCUT2D eigenvalue weighted by Gasteiger charge is -2.38. The highest BCUT2D eigenvalue weighted by atomic mass is 16.2. The van der Waals surface area contributed by atoms with Crippen LogP contribution in [0.25, 0.3) is 11.1 Å². The molecule has 0 radical (unpaired) electrons. The molecule has 0 spiro atoms.